The zero-order chi connectivity index (χ0) is 13.5. The molecule has 0 aliphatic carbocycles. The maximum absolute atomic E-state index is 10.5. The fourth-order valence-corrected chi connectivity index (χ4v) is 1.56. The second kappa shape index (κ2) is 14.0. The average Bonchev–Trinajstić information content (AvgIpc) is 2.34. The molecule has 0 unspecified atom stereocenters. The van der Waals surface area contributed by atoms with Crippen molar-refractivity contribution < 1.29 is 9.53 Å². The molecule has 0 saturated carbocycles. The third kappa shape index (κ3) is 14.9. The molecule has 0 spiro atoms. The first-order valence-corrected chi connectivity index (χ1v) is 7.20. The number of carbonyl (C=O) groups is 1. The highest BCUT2D eigenvalue weighted by Crippen LogP contribution is 2.02. The Hall–Kier alpha value is -1.05. The molecular formula is C16H28O2. The predicted molar refractivity (Wildman–Crippen MR) is 77.5 cm³/mol. The van der Waals surface area contributed by atoms with Gasteiger partial charge in [0.2, 0.25) is 0 Å². The quantitative estimate of drug-likeness (QED) is 0.300. The summed E-state index contributed by atoms with van der Waals surface area (Å²) < 4.78 is 4.85. The number of rotatable bonds is 11. The molecule has 0 aromatic rings. The monoisotopic (exact) mass is 252 g/mol. The topological polar surface area (TPSA) is 26.3 Å². The Morgan fingerprint density at radius 1 is 0.889 bits per heavy atom. The van der Waals surface area contributed by atoms with Gasteiger partial charge in [0, 0.05) is 6.92 Å². The summed E-state index contributed by atoms with van der Waals surface area (Å²) in [6.45, 7) is 4.21. The third-order valence-corrected chi connectivity index (χ3v) is 2.62. The van der Waals surface area contributed by atoms with Crippen molar-refractivity contribution in [2.24, 2.45) is 0 Å². The number of carbonyl (C=O) groups excluding carboxylic acids is 1. The Bertz CT molecular complexity index is 241. The van der Waals surface area contributed by atoms with E-state index in [1.807, 2.05) is 0 Å². The highest BCUT2D eigenvalue weighted by molar-refractivity contribution is 5.65. The number of ether oxygens (including phenoxy) is 1. The molecule has 104 valence electrons. The number of allylic oxidation sites excluding steroid dienone is 4. The van der Waals surface area contributed by atoms with Crippen molar-refractivity contribution in [2.45, 2.75) is 65.2 Å². The van der Waals surface area contributed by atoms with Gasteiger partial charge in [0.1, 0.15) is 0 Å². The number of hydrogen-bond acceptors (Lipinski definition) is 2. The number of esters is 1. The Morgan fingerprint density at radius 3 is 1.89 bits per heavy atom. The number of unbranched alkanes of at least 4 members (excludes halogenated alkanes) is 5. The first-order chi connectivity index (χ1) is 8.77. The summed E-state index contributed by atoms with van der Waals surface area (Å²) in [5, 5.41) is 0. The van der Waals surface area contributed by atoms with Crippen LogP contribution in [-0.4, -0.2) is 12.6 Å². The van der Waals surface area contributed by atoms with Crippen molar-refractivity contribution in [1.82, 2.24) is 0 Å². The zero-order valence-electron chi connectivity index (χ0n) is 12.0. The van der Waals surface area contributed by atoms with E-state index >= 15 is 0 Å². The summed E-state index contributed by atoms with van der Waals surface area (Å²) in [4.78, 5) is 10.5. The molecule has 0 saturated heterocycles. The molecule has 0 fully saturated rings. The summed E-state index contributed by atoms with van der Waals surface area (Å²) in [7, 11) is 0. The van der Waals surface area contributed by atoms with Gasteiger partial charge >= 0.3 is 5.97 Å². The summed E-state index contributed by atoms with van der Waals surface area (Å²) in [6.07, 6.45) is 18.3. The van der Waals surface area contributed by atoms with Crippen molar-refractivity contribution >= 4 is 5.97 Å². The van der Waals surface area contributed by atoms with E-state index in [1.54, 1.807) is 0 Å². The van der Waals surface area contributed by atoms with Crippen LogP contribution in [0.2, 0.25) is 0 Å². The normalized spacial score (nSPS) is 11.4. The Balaban J connectivity index is 3.18. The highest BCUT2D eigenvalue weighted by atomic mass is 16.5. The molecule has 0 aliphatic heterocycles. The standard InChI is InChI=1S/C16H28O2/c1-3-4-5-6-7-8-9-10-11-12-13-14-15-18-16(2)17/h6-7,11-12H,3-5,8-10,13-15H2,1-2H3/b7-6-,12-11-. The van der Waals surface area contributed by atoms with Crippen LogP contribution >= 0.6 is 0 Å². The van der Waals surface area contributed by atoms with Crippen molar-refractivity contribution in [3.63, 3.8) is 0 Å². The van der Waals surface area contributed by atoms with E-state index in [2.05, 4.69) is 31.2 Å². The summed E-state index contributed by atoms with van der Waals surface area (Å²) >= 11 is 0. The van der Waals surface area contributed by atoms with Crippen molar-refractivity contribution in [2.75, 3.05) is 6.61 Å². The maximum atomic E-state index is 10.5. The molecule has 0 radical (unpaired) electrons. The van der Waals surface area contributed by atoms with Crippen LogP contribution in [0.1, 0.15) is 65.2 Å². The smallest absolute Gasteiger partial charge is 0.302 e. The minimum Gasteiger partial charge on any atom is -0.466 e. The molecule has 0 rings (SSSR count). The van der Waals surface area contributed by atoms with Crippen LogP contribution in [-0.2, 0) is 9.53 Å². The first kappa shape index (κ1) is 16.9. The van der Waals surface area contributed by atoms with Crippen LogP contribution in [0, 0.1) is 0 Å². The predicted octanol–water partition coefficient (Wildman–Crippen LogP) is 4.80. The van der Waals surface area contributed by atoms with Crippen molar-refractivity contribution in [3.8, 4) is 0 Å². The SMILES string of the molecule is CCCC/C=C\CCC/C=C\CCCOC(C)=O. The van der Waals surface area contributed by atoms with E-state index in [0.717, 1.165) is 19.3 Å². The second-order valence-corrected chi connectivity index (χ2v) is 4.50. The van der Waals surface area contributed by atoms with Gasteiger partial charge in [-0.1, -0.05) is 44.1 Å². The molecular weight excluding hydrogens is 224 g/mol. The van der Waals surface area contributed by atoms with Gasteiger partial charge in [0.05, 0.1) is 6.61 Å². The molecule has 0 N–H and O–H groups in total. The largest absolute Gasteiger partial charge is 0.466 e. The molecule has 0 bridgehead atoms. The van der Waals surface area contributed by atoms with Crippen LogP contribution in [0.25, 0.3) is 0 Å². The van der Waals surface area contributed by atoms with Crippen molar-refractivity contribution in [3.05, 3.63) is 24.3 Å². The number of hydrogen-bond donors (Lipinski definition) is 0. The fourth-order valence-electron chi connectivity index (χ4n) is 1.56. The van der Waals surface area contributed by atoms with E-state index in [0.29, 0.717) is 6.61 Å². The Morgan fingerprint density at radius 2 is 1.39 bits per heavy atom. The fraction of sp³-hybridized carbons (Fsp3) is 0.688. The molecule has 0 aromatic heterocycles. The molecule has 0 amide bonds. The minimum atomic E-state index is -0.186. The van der Waals surface area contributed by atoms with Crippen LogP contribution < -0.4 is 0 Å². The van der Waals surface area contributed by atoms with E-state index in [-0.39, 0.29) is 5.97 Å². The van der Waals surface area contributed by atoms with Crippen LogP contribution in [0.5, 0.6) is 0 Å². The summed E-state index contributed by atoms with van der Waals surface area (Å²) in [6, 6.07) is 0. The lowest BCUT2D eigenvalue weighted by atomic mass is 10.2. The molecule has 0 aliphatic rings. The van der Waals surface area contributed by atoms with Gasteiger partial charge in [0.15, 0.2) is 0 Å². The Labute approximate surface area is 112 Å². The van der Waals surface area contributed by atoms with Gasteiger partial charge in [-0.05, 0) is 38.5 Å². The summed E-state index contributed by atoms with van der Waals surface area (Å²) in [5.41, 5.74) is 0. The third-order valence-electron chi connectivity index (χ3n) is 2.62. The van der Waals surface area contributed by atoms with E-state index < -0.39 is 0 Å². The molecule has 2 nitrogen and oxygen atoms in total. The van der Waals surface area contributed by atoms with E-state index in [9.17, 15) is 4.79 Å². The minimum absolute atomic E-state index is 0.186. The van der Waals surface area contributed by atoms with Gasteiger partial charge in [-0.15, -0.1) is 0 Å². The summed E-state index contributed by atoms with van der Waals surface area (Å²) in [5.74, 6) is -0.186. The van der Waals surface area contributed by atoms with Gasteiger partial charge in [0.25, 0.3) is 0 Å². The Kier molecular flexibility index (Phi) is 13.2. The first-order valence-electron chi connectivity index (χ1n) is 7.20. The van der Waals surface area contributed by atoms with E-state index in [4.69, 9.17) is 4.74 Å². The molecule has 18 heavy (non-hydrogen) atoms. The average molecular weight is 252 g/mol. The van der Waals surface area contributed by atoms with Gasteiger partial charge in [-0.25, -0.2) is 0 Å². The van der Waals surface area contributed by atoms with Crippen LogP contribution in [0.3, 0.4) is 0 Å². The highest BCUT2D eigenvalue weighted by Gasteiger charge is 1.90. The molecule has 0 atom stereocenters. The molecule has 2 heteroatoms. The molecule has 0 heterocycles. The van der Waals surface area contributed by atoms with Gasteiger partial charge in [-0.2, -0.15) is 0 Å². The second-order valence-electron chi connectivity index (χ2n) is 4.50. The molecule has 0 aromatic carbocycles. The van der Waals surface area contributed by atoms with Crippen molar-refractivity contribution in [1.29, 1.82) is 0 Å². The zero-order valence-corrected chi connectivity index (χ0v) is 12.0. The van der Waals surface area contributed by atoms with Crippen LogP contribution in [0.4, 0.5) is 0 Å². The van der Waals surface area contributed by atoms with Gasteiger partial charge < -0.3 is 4.74 Å². The van der Waals surface area contributed by atoms with Gasteiger partial charge in [-0.3, -0.25) is 4.79 Å². The maximum Gasteiger partial charge on any atom is 0.302 e. The lowest BCUT2D eigenvalue weighted by Gasteiger charge is -1.98. The van der Waals surface area contributed by atoms with Crippen LogP contribution in [0.15, 0.2) is 24.3 Å². The lowest BCUT2D eigenvalue weighted by Crippen LogP contribution is -1.99. The van der Waals surface area contributed by atoms with E-state index in [1.165, 1.54) is 39.0 Å². The lowest BCUT2D eigenvalue weighted by molar-refractivity contribution is -0.141.